The summed E-state index contributed by atoms with van der Waals surface area (Å²) in [6.45, 7) is 1.71. The third kappa shape index (κ3) is 3.54. The smallest absolute Gasteiger partial charge is 0.307 e. The van der Waals surface area contributed by atoms with Gasteiger partial charge in [0.05, 0.1) is 11.2 Å². The van der Waals surface area contributed by atoms with Gasteiger partial charge in [0.2, 0.25) is 0 Å². The Morgan fingerprint density at radius 3 is 2.47 bits per heavy atom. The van der Waals surface area contributed by atoms with E-state index in [1.165, 1.54) is 0 Å². The van der Waals surface area contributed by atoms with Crippen molar-refractivity contribution in [3.63, 3.8) is 0 Å². The zero-order valence-electron chi connectivity index (χ0n) is 9.24. The van der Waals surface area contributed by atoms with Crippen molar-refractivity contribution in [2.45, 2.75) is 24.1 Å². The van der Waals surface area contributed by atoms with Crippen LogP contribution in [0.1, 0.15) is 28.4 Å². The summed E-state index contributed by atoms with van der Waals surface area (Å²) in [6, 6.07) is 5.10. The van der Waals surface area contributed by atoms with Crippen molar-refractivity contribution < 1.29 is 14.7 Å². The van der Waals surface area contributed by atoms with Crippen LogP contribution >= 0.6 is 27.5 Å². The van der Waals surface area contributed by atoms with Gasteiger partial charge in [0.15, 0.2) is 5.78 Å². The molecule has 0 saturated heterocycles. The molecule has 0 radical (unpaired) electrons. The van der Waals surface area contributed by atoms with E-state index in [4.69, 9.17) is 16.7 Å². The number of halogens is 2. The Morgan fingerprint density at radius 2 is 2.00 bits per heavy atom. The van der Waals surface area contributed by atoms with Crippen molar-refractivity contribution in [2.24, 2.45) is 0 Å². The third-order valence-corrected chi connectivity index (χ3v) is 3.03. The average molecular weight is 320 g/mol. The molecule has 0 aliphatic carbocycles. The standard InChI is InChI=1S/C12H12BrClO3/c1-7(13)12(17)11-8(5-10(15)16)3-2-4-9(11)6-14/h2-4,7H,5-6H2,1H3,(H,15,16). The molecule has 5 heteroatoms. The third-order valence-electron chi connectivity index (χ3n) is 2.33. The number of benzene rings is 1. The fraction of sp³-hybridized carbons (Fsp3) is 0.333. The monoisotopic (exact) mass is 318 g/mol. The normalized spacial score (nSPS) is 12.2. The maximum atomic E-state index is 12.0. The summed E-state index contributed by atoms with van der Waals surface area (Å²) in [5, 5.41) is 8.82. The lowest BCUT2D eigenvalue weighted by Crippen LogP contribution is -2.16. The van der Waals surface area contributed by atoms with E-state index in [2.05, 4.69) is 15.9 Å². The number of carboxylic acids is 1. The van der Waals surface area contributed by atoms with Gasteiger partial charge in [0.25, 0.3) is 0 Å². The van der Waals surface area contributed by atoms with Gasteiger partial charge in [-0.15, -0.1) is 11.6 Å². The van der Waals surface area contributed by atoms with Crippen LogP contribution in [-0.2, 0) is 17.1 Å². The van der Waals surface area contributed by atoms with Crippen LogP contribution in [0, 0.1) is 0 Å². The molecular formula is C12H12BrClO3. The first-order valence-corrected chi connectivity index (χ1v) is 6.49. The molecular weight excluding hydrogens is 307 g/mol. The Hall–Kier alpha value is -0.870. The largest absolute Gasteiger partial charge is 0.481 e. The van der Waals surface area contributed by atoms with Crippen LogP contribution in [0.15, 0.2) is 18.2 Å². The molecule has 1 aromatic rings. The fourth-order valence-electron chi connectivity index (χ4n) is 1.59. The quantitative estimate of drug-likeness (QED) is 0.670. The number of aliphatic carboxylic acids is 1. The maximum Gasteiger partial charge on any atom is 0.307 e. The summed E-state index contributed by atoms with van der Waals surface area (Å²) in [7, 11) is 0. The summed E-state index contributed by atoms with van der Waals surface area (Å²) >= 11 is 8.97. The van der Waals surface area contributed by atoms with Gasteiger partial charge in [-0.3, -0.25) is 9.59 Å². The first kappa shape index (κ1) is 14.2. The van der Waals surface area contributed by atoms with Crippen LogP contribution in [-0.4, -0.2) is 21.7 Å². The van der Waals surface area contributed by atoms with Crippen LogP contribution in [0.4, 0.5) is 0 Å². The lowest BCUT2D eigenvalue weighted by atomic mass is 9.95. The molecule has 3 nitrogen and oxygen atoms in total. The molecule has 0 saturated carbocycles. The number of carbonyl (C=O) groups is 2. The summed E-state index contributed by atoms with van der Waals surface area (Å²) in [5.74, 6) is -0.917. The van der Waals surface area contributed by atoms with Crippen LogP contribution in [0.5, 0.6) is 0 Å². The molecule has 1 atom stereocenters. The molecule has 0 aromatic heterocycles. The van der Waals surface area contributed by atoms with Crippen LogP contribution in [0.2, 0.25) is 0 Å². The highest BCUT2D eigenvalue weighted by Gasteiger charge is 2.20. The Kier molecular flexibility index (Phi) is 5.15. The minimum Gasteiger partial charge on any atom is -0.481 e. The summed E-state index contributed by atoms with van der Waals surface area (Å²) < 4.78 is 0. The molecule has 0 amide bonds. The van der Waals surface area contributed by atoms with Crippen molar-refractivity contribution in [1.82, 2.24) is 0 Å². The van der Waals surface area contributed by atoms with Gasteiger partial charge in [-0.25, -0.2) is 0 Å². The summed E-state index contributed by atoms with van der Waals surface area (Å²) in [5.41, 5.74) is 1.60. The summed E-state index contributed by atoms with van der Waals surface area (Å²) in [6.07, 6.45) is -0.175. The number of Topliss-reactive ketones (excluding diaryl/α,β-unsaturated/α-hetero) is 1. The molecule has 17 heavy (non-hydrogen) atoms. The van der Waals surface area contributed by atoms with Crippen molar-refractivity contribution in [2.75, 3.05) is 0 Å². The lowest BCUT2D eigenvalue weighted by molar-refractivity contribution is -0.136. The molecule has 0 spiro atoms. The molecule has 0 heterocycles. The van der Waals surface area contributed by atoms with E-state index in [9.17, 15) is 9.59 Å². The van der Waals surface area contributed by atoms with E-state index in [-0.39, 0.29) is 22.9 Å². The number of hydrogen-bond acceptors (Lipinski definition) is 2. The Labute approximate surface area is 113 Å². The molecule has 0 bridgehead atoms. The van der Waals surface area contributed by atoms with E-state index in [1.54, 1.807) is 25.1 Å². The van der Waals surface area contributed by atoms with Crippen molar-refractivity contribution in [3.8, 4) is 0 Å². The number of hydrogen-bond donors (Lipinski definition) is 1. The number of rotatable bonds is 5. The first-order valence-electron chi connectivity index (χ1n) is 5.04. The number of ketones is 1. The molecule has 0 aliphatic heterocycles. The van der Waals surface area contributed by atoms with Crippen LogP contribution in [0.3, 0.4) is 0 Å². The Balaban J connectivity index is 3.29. The molecule has 92 valence electrons. The number of carbonyl (C=O) groups excluding carboxylic acids is 1. The zero-order valence-corrected chi connectivity index (χ0v) is 11.6. The molecule has 1 aromatic carbocycles. The second-order valence-electron chi connectivity index (χ2n) is 3.64. The van der Waals surface area contributed by atoms with E-state index in [1.807, 2.05) is 0 Å². The molecule has 1 rings (SSSR count). The van der Waals surface area contributed by atoms with Gasteiger partial charge < -0.3 is 5.11 Å². The van der Waals surface area contributed by atoms with E-state index in [0.717, 1.165) is 0 Å². The van der Waals surface area contributed by atoms with E-state index < -0.39 is 5.97 Å². The average Bonchev–Trinajstić information content (AvgIpc) is 2.26. The van der Waals surface area contributed by atoms with Crippen LogP contribution in [0.25, 0.3) is 0 Å². The van der Waals surface area contributed by atoms with Gasteiger partial charge >= 0.3 is 5.97 Å². The minimum absolute atomic E-state index is 0.141. The molecule has 1 N–H and O–H groups in total. The Morgan fingerprint density at radius 1 is 1.41 bits per heavy atom. The predicted octanol–water partition coefficient (Wildman–Crippen LogP) is 3.02. The SMILES string of the molecule is CC(Br)C(=O)c1c(CCl)cccc1CC(=O)O. The Bertz CT molecular complexity index is 443. The van der Waals surface area contributed by atoms with Gasteiger partial charge in [-0.05, 0) is 18.1 Å². The van der Waals surface area contributed by atoms with Crippen molar-refractivity contribution >= 4 is 39.3 Å². The second kappa shape index (κ2) is 6.17. The van der Waals surface area contributed by atoms with Gasteiger partial charge in [0, 0.05) is 11.4 Å². The first-order chi connectivity index (χ1) is 7.97. The van der Waals surface area contributed by atoms with Crippen molar-refractivity contribution in [1.29, 1.82) is 0 Å². The highest BCUT2D eigenvalue weighted by atomic mass is 79.9. The van der Waals surface area contributed by atoms with Gasteiger partial charge in [-0.1, -0.05) is 34.1 Å². The van der Waals surface area contributed by atoms with E-state index in [0.29, 0.717) is 16.7 Å². The maximum absolute atomic E-state index is 12.0. The minimum atomic E-state index is -0.965. The molecule has 1 unspecified atom stereocenters. The number of carboxylic acid groups (broad SMARTS) is 1. The number of alkyl halides is 2. The molecule has 0 fully saturated rings. The van der Waals surface area contributed by atoms with Gasteiger partial charge in [-0.2, -0.15) is 0 Å². The highest BCUT2D eigenvalue weighted by Crippen LogP contribution is 2.21. The zero-order chi connectivity index (χ0) is 13.0. The predicted molar refractivity (Wildman–Crippen MR) is 70.1 cm³/mol. The van der Waals surface area contributed by atoms with Crippen LogP contribution < -0.4 is 0 Å². The summed E-state index contributed by atoms with van der Waals surface area (Å²) in [4.78, 5) is 22.4. The second-order valence-corrected chi connectivity index (χ2v) is 5.28. The lowest BCUT2D eigenvalue weighted by Gasteiger charge is -2.12. The highest BCUT2D eigenvalue weighted by molar-refractivity contribution is 9.10. The topological polar surface area (TPSA) is 54.4 Å². The van der Waals surface area contributed by atoms with Crippen molar-refractivity contribution in [3.05, 3.63) is 34.9 Å². The fourth-order valence-corrected chi connectivity index (χ4v) is 2.04. The van der Waals surface area contributed by atoms with E-state index >= 15 is 0 Å². The van der Waals surface area contributed by atoms with Gasteiger partial charge in [0.1, 0.15) is 0 Å². The molecule has 0 aliphatic rings.